The molecule has 1 aliphatic carbocycles. The summed E-state index contributed by atoms with van der Waals surface area (Å²) in [6.45, 7) is 2.10. The number of rotatable bonds is 3. The molecule has 0 bridgehead atoms. The van der Waals surface area contributed by atoms with E-state index < -0.39 is 0 Å². The summed E-state index contributed by atoms with van der Waals surface area (Å²) in [5, 5.41) is 22.0. The zero-order valence-electron chi connectivity index (χ0n) is 12.5. The quantitative estimate of drug-likeness (QED) is 0.726. The standard InChI is InChI=1S/C18H14N2O3/c1-10(8-19)9-20-13-6-7-14(21)16-15(13)17(22)11-4-2-3-5-12(11)18(16)23/h2-7,10,20-21H,9H2,1H3/t10-/m1/s1. The van der Waals surface area contributed by atoms with Gasteiger partial charge in [-0.3, -0.25) is 9.59 Å². The molecule has 0 amide bonds. The lowest BCUT2D eigenvalue weighted by Crippen LogP contribution is -2.23. The van der Waals surface area contributed by atoms with E-state index >= 15 is 0 Å². The Morgan fingerprint density at radius 1 is 1.09 bits per heavy atom. The van der Waals surface area contributed by atoms with E-state index in [1.165, 1.54) is 6.07 Å². The minimum absolute atomic E-state index is 0.0170. The SMILES string of the molecule is C[C@H](C#N)CNc1ccc(O)c2c1C(=O)c1ccccc1C2=O. The first kappa shape index (κ1) is 14.8. The van der Waals surface area contributed by atoms with E-state index in [-0.39, 0.29) is 34.4 Å². The van der Waals surface area contributed by atoms with Crippen LogP contribution in [0.4, 0.5) is 5.69 Å². The van der Waals surface area contributed by atoms with Crippen molar-refractivity contribution in [2.45, 2.75) is 6.92 Å². The summed E-state index contributed by atoms with van der Waals surface area (Å²) < 4.78 is 0. The lowest BCUT2D eigenvalue weighted by molar-refractivity contribution is 0.0977. The molecule has 0 heterocycles. The van der Waals surface area contributed by atoms with Crippen molar-refractivity contribution < 1.29 is 14.7 Å². The third-order valence-electron chi connectivity index (χ3n) is 3.87. The van der Waals surface area contributed by atoms with Crippen molar-refractivity contribution in [1.29, 1.82) is 5.26 Å². The fraction of sp³-hybridized carbons (Fsp3) is 0.167. The van der Waals surface area contributed by atoms with E-state index in [4.69, 9.17) is 5.26 Å². The lowest BCUT2D eigenvalue weighted by atomic mass is 9.82. The molecule has 1 atom stereocenters. The van der Waals surface area contributed by atoms with Gasteiger partial charge in [0.2, 0.25) is 0 Å². The van der Waals surface area contributed by atoms with Crippen molar-refractivity contribution >= 4 is 17.3 Å². The molecule has 114 valence electrons. The molecule has 1 aliphatic rings. The molecule has 0 aliphatic heterocycles. The van der Waals surface area contributed by atoms with Gasteiger partial charge in [-0.1, -0.05) is 24.3 Å². The van der Waals surface area contributed by atoms with Gasteiger partial charge in [0.15, 0.2) is 11.6 Å². The molecule has 0 aromatic heterocycles. The Labute approximate surface area is 133 Å². The number of nitriles is 1. The Balaban J connectivity index is 2.14. The maximum atomic E-state index is 12.8. The predicted molar refractivity (Wildman–Crippen MR) is 84.7 cm³/mol. The summed E-state index contributed by atoms with van der Waals surface area (Å²) in [6, 6.07) is 11.6. The summed E-state index contributed by atoms with van der Waals surface area (Å²) in [5.74, 6) is -1.14. The second kappa shape index (κ2) is 5.58. The number of phenolic OH excluding ortho intramolecular Hbond substituents is 1. The van der Waals surface area contributed by atoms with Gasteiger partial charge < -0.3 is 10.4 Å². The fourth-order valence-electron chi connectivity index (χ4n) is 2.66. The van der Waals surface area contributed by atoms with E-state index in [0.29, 0.717) is 23.4 Å². The van der Waals surface area contributed by atoms with Crippen LogP contribution in [0.2, 0.25) is 0 Å². The van der Waals surface area contributed by atoms with Crippen molar-refractivity contribution in [3.8, 4) is 11.8 Å². The van der Waals surface area contributed by atoms with Gasteiger partial charge >= 0.3 is 0 Å². The number of anilines is 1. The molecule has 5 heteroatoms. The Bertz CT molecular complexity index is 865. The molecule has 2 N–H and O–H groups in total. The van der Waals surface area contributed by atoms with Crippen LogP contribution < -0.4 is 5.32 Å². The topological polar surface area (TPSA) is 90.2 Å². The maximum Gasteiger partial charge on any atom is 0.198 e. The van der Waals surface area contributed by atoms with Crippen LogP contribution in [0, 0.1) is 17.2 Å². The van der Waals surface area contributed by atoms with Gasteiger partial charge in [0, 0.05) is 23.4 Å². The molecule has 2 aromatic rings. The highest BCUT2D eigenvalue weighted by Crippen LogP contribution is 2.36. The summed E-state index contributed by atoms with van der Waals surface area (Å²) in [5.41, 5.74) is 1.25. The number of nitrogens with zero attached hydrogens (tertiary/aromatic N) is 1. The van der Waals surface area contributed by atoms with E-state index in [0.717, 1.165) is 0 Å². The number of fused-ring (bicyclic) bond motifs is 2. The zero-order valence-corrected chi connectivity index (χ0v) is 12.5. The molecular formula is C18H14N2O3. The van der Waals surface area contributed by atoms with Gasteiger partial charge in [-0.2, -0.15) is 5.26 Å². The number of aromatic hydroxyl groups is 1. The molecule has 0 fully saturated rings. The van der Waals surface area contributed by atoms with Crippen molar-refractivity contribution in [2.75, 3.05) is 11.9 Å². The van der Waals surface area contributed by atoms with Crippen LogP contribution in [-0.4, -0.2) is 23.2 Å². The van der Waals surface area contributed by atoms with Crippen molar-refractivity contribution in [3.05, 3.63) is 58.7 Å². The van der Waals surface area contributed by atoms with Gasteiger partial charge in [0.1, 0.15) is 5.75 Å². The second-order valence-electron chi connectivity index (χ2n) is 5.50. The van der Waals surface area contributed by atoms with Crippen LogP contribution in [0.3, 0.4) is 0 Å². The monoisotopic (exact) mass is 306 g/mol. The molecule has 0 unspecified atom stereocenters. The number of hydrogen-bond donors (Lipinski definition) is 2. The highest BCUT2D eigenvalue weighted by atomic mass is 16.3. The molecule has 23 heavy (non-hydrogen) atoms. The van der Waals surface area contributed by atoms with Crippen molar-refractivity contribution in [2.24, 2.45) is 5.92 Å². The average molecular weight is 306 g/mol. The summed E-state index contributed by atoms with van der Waals surface area (Å²) in [4.78, 5) is 25.4. The van der Waals surface area contributed by atoms with E-state index in [1.54, 1.807) is 37.3 Å². The number of carbonyl (C=O) groups is 2. The number of hydrogen-bond acceptors (Lipinski definition) is 5. The van der Waals surface area contributed by atoms with Crippen LogP contribution in [0.15, 0.2) is 36.4 Å². The molecule has 3 rings (SSSR count). The molecule has 0 spiro atoms. The molecular weight excluding hydrogens is 292 g/mol. The Morgan fingerprint density at radius 2 is 1.70 bits per heavy atom. The fourth-order valence-corrected chi connectivity index (χ4v) is 2.66. The molecule has 2 aromatic carbocycles. The van der Waals surface area contributed by atoms with Crippen molar-refractivity contribution in [3.63, 3.8) is 0 Å². The normalized spacial score (nSPS) is 13.7. The minimum Gasteiger partial charge on any atom is -0.507 e. The molecule has 5 nitrogen and oxygen atoms in total. The van der Waals surface area contributed by atoms with E-state index in [2.05, 4.69) is 11.4 Å². The highest BCUT2D eigenvalue weighted by molar-refractivity contribution is 6.31. The van der Waals surface area contributed by atoms with Gasteiger partial charge in [-0.05, 0) is 19.1 Å². The predicted octanol–water partition coefficient (Wildman–Crippen LogP) is 2.74. The van der Waals surface area contributed by atoms with Crippen molar-refractivity contribution in [1.82, 2.24) is 0 Å². The smallest absolute Gasteiger partial charge is 0.198 e. The first-order valence-electron chi connectivity index (χ1n) is 7.22. The number of carbonyl (C=O) groups excluding carboxylic acids is 2. The number of phenols is 1. The van der Waals surface area contributed by atoms with Crippen LogP contribution in [0.1, 0.15) is 38.8 Å². The van der Waals surface area contributed by atoms with Crippen LogP contribution in [-0.2, 0) is 0 Å². The highest BCUT2D eigenvalue weighted by Gasteiger charge is 2.33. The van der Waals surface area contributed by atoms with E-state index in [9.17, 15) is 14.7 Å². The average Bonchev–Trinajstić information content (AvgIpc) is 2.58. The largest absolute Gasteiger partial charge is 0.507 e. The Hall–Kier alpha value is -3.13. The third kappa shape index (κ3) is 2.34. The van der Waals surface area contributed by atoms with E-state index in [1.807, 2.05) is 0 Å². The number of ketones is 2. The number of nitrogens with one attached hydrogen (secondary N) is 1. The van der Waals surface area contributed by atoms with Gasteiger partial charge in [-0.25, -0.2) is 0 Å². The summed E-state index contributed by atoms with van der Waals surface area (Å²) >= 11 is 0. The first-order valence-corrected chi connectivity index (χ1v) is 7.22. The zero-order chi connectivity index (χ0) is 16.6. The molecule has 0 saturated carbocycles. The van der Waals surface area contributed by atoms with Crippen LogP contribution in [0.5, 0.6) is 5.75 Å². The Morgan fingerprint density at radius 3 is 2.30 bits per heavy atom. The third-order valence-corrected chi connectivity index (χ3v) is 3.87. The van der Waals surface area contributed by atoms with Gasteiger partial charge in [-0.15, -0.1) is 0 Å². The minimum atomic E-state index is -0.371. The number of benzene rings is 2. The van der Waals surface area contributed by atoms with Crippen LogP contribution >= 0.6 is 0 Å². The second-order valence-corrected chi connectivity index (χ2v) is 5.50. The molecule has 0 radical (unpaired) electrons. The maximum absolute atomic E-state index is 12.8. The first-order chi connectivity index (χ1) is 11.0. The summed E-state index contributed by atoms with van der Waals surface area (Å²) in [7, 11) is 0. The summed E-state index contributed by atoms with van der Waals surface area (Å²) in [6.07, 6.45) is 0. The Kier molecular flexibility index (Phi) is 3.59. The van der Waals surface area contributed by atoms with Gasteiger partial charge in [0.25, 0.3) is 0 Å². The van der Waals surface area contributed by atoms with Crippen LogP contribution in [0.25, 0.3) is 0 Å². The molecule has 0 saturated heterocycles. The lowest BCUT2D eigenvalue weighted by Gasteiger charge is -2.21. The van der Waals surface area contributed by atoms with Gasteiger partial charge in [0.05, 0.1) is 23.1 Å².